The zero-order chi connectivity index (χ0) is 12.6. The highest BCUT2D eigenvalue weighted by Crippen LogP contribution is 2.42. The van der Waals surface area contributed by atoms with Crippen LogP contribution in [0.25, 0.3) is 0 Å². The topological polar surface area (TPSA) is 49.7 Å². The predicted octanol–water partition coefficient (Wildman–Crippen LogP) is 1.88. The molecule has 0 aromatic heterocycles. The highest BCUT2D eigenvalue weighted by atomic mass is 28.3. The number of rotatable bonds is 2. The Bertz CT molecular complexity index is 233. The molecule has 1 aliphatic rings. The Balaban J connectivity index is 2.74. The van der Waals surface area contributed by atoms with Crippen LogP contribution in [0.3, 0.4) is 0 Å². The van der Waals surface area contributed by atoms with Gasteiger partial charge in [-0.1, -0.05) is 20.8 Å². The van der Waals surface area contributed by atoms with Gasteiger partial charge in [-0.3, -0.25) is 0 Å². The smallest absolute Gasteiger partial charge is 0.174 e. The molecule has 0 aromatic rings. The molecule has 0 heterocycles. The molecule has 0 aliphatic heterocycles. The largest absolute Gasteiger partial charge is 0.394 e. The highest BCUT2D eigenvalue weighted by molar-refractivity contribution is 6.48. The summed E-state index contributed by atoms with van der Waals surface area (Å²) in [5.41, 5.74) is 0.108. The molecular weight excluding hydrogens is 220 g/mol. The van der Waals surface area contributed by atoms with Crippen LogP contribution in [0.5, 0.6) is 0 Å². The van der Waals surface area contributed by atoms with E-state index in [1.807, 2.05) is 13.1 Å². The van der Waals surface area contributed by atoms with E-state index < -0.39 is 20.9 Å². The van der Waals surface area contributed by atoms with Gasteiger partial charge in [0.1, 0.15) is 0 Å². The summed E-state index contributed by atoms with van der Waals surface area (Å²) >= 11 is 0. The van der Waals surface area contributed by atoms with Gasteiger partial charge in [0.25, 0.3) is 0 Å². The summed E-state index contributed by atoms with van der Waals surface area (Å²) in [6, 6.07) is 0. The second kappa shape index (κ2) is 4.76. The minimum atomic E-state index is -1.28. The van der Waals surface area contributed by atoms with Crippen molar-refractivity contribution in [3.8, 4) is 0 Å². The van der Waals surface area contributed by atoms with Crippen LogP contribution in [0.4, 0.5) is 0 Å². The van der Waals surface area contributed by atoms with Crippen molar-refractivity contribution in [2.75, 3.05) is 0 Å². The van der Waals surface area contributed by atoms with Crippen LogP contribution in [-0.2, 0) is 4.43 Å². The predicted molar refractivity (Wildman–Crippen MR) is 67.7 cm³/mol. The molecule has 1 fully saturated rings. The van der Waals surface area contributed by atoms with Gasteiger partial charge in [0, 0.05) is 12.8 Å². The molecule has 0 amide bonds. The summed E-state index contributed by atoms with van der Waals surface area (Å²) < 4.78 is 5.71. The molecule has 3 nitrogen and oxygen atoms in total. The fourth-order valence-corrected chi connectivity index (χ4v) is 3.60. The molecule has 1 saturated carbocycles. The average Bonchev–Trinajstić information content (AvgIpc) is 1.97. The third kappa shape index (κ3) is 3.84. The third-order valence-corrected chi connectivity index (χ3v) is 4.27. The Morgan fingerprint density at radius 3 is 2.25 bits per heavy atom. The van der Waals surface area contributed by atoms with Gasteiger partial charge >= 0.3 is 0 Å². The molecule has 0 bridgehead atoms. The lowest BCUT2D eigenvalue weighted by Crippen LogP contribution is -2.48. The van der Waals surface area contributed by atoms with Gasteiger partial charge in [-0.25, -0.2) is 0 Å². The number of hydrogen-bond donors (Lipinski definition) is 2. The van der Waals surface area contributed by atoms with Crippen LogP contribution in [0, 0.1) is 11.3 Å². The van der Waals surface area contributed by atoms with Gasteiger partial charge in [-0.15, -0.1) is 0 Å². The minimum Gasteiger partial charge on any atom is -0.394 e. The lowest BCUT2D eigenvalue weighted by molar-refractivity contribution is -0.203. The first-order chi connectivity index (χ1) is 7.12. The van der Waals surface area contributed by atoms with Crippen molar-refractivity contribution in [2.45, 2.75) is 65.0 Å². The monoisotopic (exact) mass is 246 g/mol. The molecule has 96 valence electrons. The Morgan fingerprint density at radius 2 is 1.81 bits per heavy atom. The van der Waals surface area contributed by atoms with Gasteiger partial charge in [0.15, 0.2) is 14.8 Å². The fourth-order valence-electron chi connectivity index (χ4n) is 2.53. The fraction of sp³-hybridized carbons (Fsp3) is 1.00. The summed E-state index contributed by atoms with van der Waals surface area (Å²) in [5.74, 6) is -0.773. The maximum atomic E-state index is 10.4. The summed E-state index contributed by atoms with van der Waals surface area (Å²) in [6.45, 7) is 10.6. The first kappa shape index (κ1) is 14.2. The van der Waals surface area contributed by atoms with E-state index in [2.05, 4.69) is 20.8 Å². The van der Waals surface area contributed by atoms with Crippen LogP contribution in [0.1, 0.15) is 40.0 Å². The average molecular weight is 246 g/mol. The van der Waals surface area contributed by atoms with Gasteiger partial charge in [-0.05, 0) is 30.8 Å². The van der Waals surface area contributed by atoms with Crippen molar-refractivity contribution in [1.82, 2.24) is 0 Å². The SMILES string of the molecule is C[SiH](C)O[C@]1(O)C[C@H](O)C[C@H](C(C)(C)C)C1. The second-order valence-electron chi connectivity index (χ2n) is 6.47. The molecule has 16 heavy (non-hydrogen) atoms. The van der Waals surface area contributed by atoms with Crippen molar-refractivity contribution in [3.05, 3.63) is 0 Å². The maximum Gasteiger partial charge on any atom is 0.174 e. The summed E-state index contributed by atoms with van der Waals surface area (Å²) in [6.07, 6.45) is 1.36. The van der Waals surface area contributed by atoms with Gasteiger partial charge in [-0.2, -0.15) is 0 Å². The first-order valence-corrected chi connectivity index (χ1v) is 8.99. The van der Waals surface area contributed by atoms with Crippen LogP contribution in [-0.4, -0.2) is 31.1 Å². The molecule has 0 aromatic carbocycles. The Kier molecular flexibility index (Phi) is 4.22. The first-order valence-electron chi connectivity index (χ1n) is 6.21. The second-order valence-corrected chi connectivity index (χ2v) is 8.81. The van der Waals surface area contributed by atoms with Gasteiger partial charge < -0.3 is 14.6 Å². The Morgan fingerprint density at radius 1 is 1.25 bits per heavy atom. The summed E-state index contributed by atoms with van der Waals surface area (Å²) in [7, 11) is -1.28. The molecule has 4 heteroatoms. The molecule has 1 aliphatic carbocycles. The Labute approximate surface area is 101 Å². The number of aliphatic hydroxyl groups is 2. The van der Waals surface area contributed by atoms with Crippen molar-refractivity contribution in [1.29, 1.82) is 0 Å². The summed E-state index contributed by atoms with van der Waals surface area (Å²) in [4.78, 5) is 0. The lowest BCUT2D eigenvalue weighted by Gasteiger charge is -2.45. The molecule has 1 rings (SSSR count). The zero-order valence-electron chi connectivity index (χ0n) is 11.2. The van der Waals surface area contributed by atoms with Crippen molar-refractivity contribution in [2.24, 2.45) is 11.3 Å². The van der Waals surface area contributed by atoms with E-state index in [0.29, 0.717) is 18.8 Å². The van der Waals surface area contributed by atoms with E-state index in [0.717, 1.165) is 6.42 Å². The molecule has 0 saturated heterocycles. The van der Waals surface area contributed by atoms with Crippen LogP contribution < -0.4 is 0 Å². The molecular formula is C12H26O3Si. The highest BCUT2D eigenvalue weighted by Gasteiger charge is 2.43. The molecule has 3 atom stereocenters. The van der Waals surface area contributed by atoms with Gasteiger partial charge in [0.05, 0.1) is 6.10 Å². The maximum absolute atomic E-state index is 10.4. The van der Waals surface area contributed by atoms with E-state index >= 15 is 0 Å². The quantitative estimate of drug-likeness (QED) is 0.578. The zero-order valence-corrected chi connectivity index (χ0v) is 12.3. The van der Waals surface area contributed by atoms with Crippen LogP contribution in [0.15, 0.2) is 0 Å². The summed E-state index contributed by atoms with van der Waals surface area (Å²) in [5, 5.41) is 20.3. The minimum absolute atomic E-state index is 0.108. The molecule has 0 unspecified atom stereocenters. The van der Waals surface area contributed by atoms with Crippen molar-refractivity contribution < 1.29 is 14.6 Å². The van der Waals surface area contributed by atoms with Crippen LogP contribution >= 0.6 is 0 Å². The third-order valence-electron chi connectivity index (χ3n) is 3.36. The number of aliphatic hydroxyl groups excluding tert-OH is 1. The Hall–Kier alpha value is 0.0969. The molecule has 0 spiro atoms. The van der Waals surface area contributed by atoms with E-state index in [-0.39, 0.29) is 5.41 Å². The van der Waals surface area contributed by atoms with Crippen molar-refractivity contribution in [3.63, 3.8) is 0 Å². The molecule has 2 N–H and O–H groups in total. The van der Waals surface area contributed by atoms with E-state index in [9.17, 15) is 10.2 Å². The number of hydrogen-bond acceptors (Lipinski definition) is 3. The standard InChI is InChI=1S/C12H26O3Si/c1-11(2,3)9-6-10(13)8-12(14,7-9)15-16(4)5/h9-10,13-14,16H,6-8H2,1-5H3/t9-,10+,12-/m0/s1. The van der Waals surface area contributed by atoms with Gasteiger partial charge in [0.2, 0.25) is 0 Å². The molecule has 0 radical (unpaired) electrons. The lowest BCUT2D eigenvalue weighted by atomic mass is 9.69. The van der Waals surface area contributed by atoms with E-state index in [1.54, 1.807) is 0 Å². The van der Waals surface area contributed by atoms with E-state index in [1.165, 1.54) is 0 Å². The van der Waals surface area contributed by atoms with Crippen molar-refractivity contribution >= 4 is 9.04 Å². The van der Waals surface area contributed by atoms with E-state index in [4.69, 9.17) is 4.43 Å². The van der Waals surface area contributed by atoms with Crippen LogP contribution in [0.2, 0.25) is 13.1 Å². The normalized spacial score (nSPS) is 36.8.